The highest BCUT2D eigenvalue weighted by molar-refractivity contribution is 14.0. The fourth-order valence-corrected chi connectivity index (χ4v) is 4.25. The summed E-state index contributed by atoms with van der Waals surface area (Å²) in [5, 5.41) is 6.82. The molecule has 1 unspecified atom stereocenters. The quantitative estimate of drug-likeness (QED) is 0.213. The van der Waals surface area contributed by atoms with E-state index in [1.165, 1.54) is 44.5 Å². The second kappa shape index (κ2) is 13.9. The molecule has 0 radical (unpaired) electrons. The molecule has 2 fully saturated rings. The minimum Gasteiger partial charge on any atom is -0.356 e. The van der Waals surface area contributed by atoms with Gasteiger partial charge in [0, 0.05) is 45.6 Å². The summed E-state index contributed by atoms with van der Waals surface area (Å²) in [7, 11) is 1.81. The van der Waals surface area contributed by atoms with Gasteiger partial charge in [-0.05, 0) is 57.3 Å². The Balaban J connectivity index is 0.00000320. The van der Waals surface area contributed by atoms with E-state index in [1.54, 1.807) is 0 Å². The van der Waals surface area contributed by atoms with Crippen LogP contribution in [0.15, 0.2) is 35.3 Å². The largest absolute Gasteiger partial charge is 0.356 e. The van der Waals surface area contributed by atoms with Crippen molar-refractivity contribution >= 4 is 35.8 Å². The van der Waals surface area contributed by atoms with Gasteiger partial charge in [0.1, 0.15) is 0 Å². The molecule has 2 aliphatic rings. The molecule has 7 heteroatoms. The van der Waals surface area contributed by atoms with Crippen LogP contribution in [0, 0.1) is 5.92 Å². The second-order valence-electron chi connectivity index (χ2n) is 8.28. The van der Waals surface area contributed by atoms with Crippen LogP contribution in [0.2, 0.25) is 0 Å². The number of guanidine groups is 1. The molecule has 2 heterocycles. The van der Waals surface area contributed by atoms with E-state index in [1.807, 2.05) is 18.0 Å². The fraction of sp³-hybridized carbons (Fsp3) is 0.652. The SMILES string of the molecule is CN=C(NCCCCN1CCCC1)NCC1CC(=O)N(CCc2ccccc2)C1.I. The number of nitrogens with zero attached hydrogens (tertiary/aromatic N) is 3. The summed E-state index contributed by atoms with van der Waals surface area (Å²) in [6.45, 7) is 7.16. The lowest BCUT2D eigenvalue weighted by atomic mass is 10.1. The van der Waals surface area contributed by atoms with Gasteiger partial charge >= 0.3 is 0 Å². The lowest BCUT2D eigenvalue weighted by molar-refractivity contribution is -0.127. The molecule has 0 saturated carbocycles. The molecular formula is C23H38IN5O. The van der Waals surface area contributed by atoms with Gasteiger partial charge < -0.3 is 20.4 Å². The van der Waals surface area contributed by atoms with E-state index in [4.69, 9.17) is 0 Å². The normalized spacial score (nSPS) is 19.8. The Hall–Kier alpha value is -1.35. The molecular weight excluding hydrogens is 489 g/mol. The van der Waals surface area contributed by atoms with Crippen LogP contribution in [0.25, 0.3) is 0 Å². The molecule has 6 nitrogen and oxygen atoms in total. The number of amides is 1. The first-order chi connectivity index (χ1) is 14.2. The van der Waals surface area contributed by atoms with Crippen LogP contribution in [0.5, 0.6) is 0 Å². The summed E-state index contributed by atoms with van der Waals surface area (Å²) in [6.07, 6.45) is 6.68. The van der Waals surface area contributed by atoms with Crippen LogP contribution in [0.4, 0.5) is 0 Å². The number of rotatable bonds is 10. The molecule has 30 heavy (non-hydrogen) atoms. The monoisotopic (exact) mass is 527 g/mol. The van der Waals surface area contributed by atoms with E-state index < -0.39 is 0 Å². The number of halogens is 1. The predicted octanol–water partition coefficient (Wildman–Crippen LogP) is 2.74. The standard InChI is InChI=1S/C23H37N5O.HI/c1-24-23(25-12-5-6-13-27-14-7-8-15-27)26-18-21-17-22(29)28(19-21)16-11-20-9-3-2-4-10-20;/h2-4,9-10,21H,5-8,11-19H2,1H3,(H2,24,25,26);1H. The van der Waals surface area contributed by atoms with E-state index >= 15 is 0 Å². The minimum absolute atomic E-state index is 0. The first-order valence-corrected chi connectivity index (χ1v) is 11.2. The van der Waals surface area contributed by atoms with Crippen molar-refractivity contribution in [3.63, 3.8) is 0 Å². The minimum atomic E-state index is 0. The topological polar surface area (TPSA) is 60.0 Å². The Morgan fingerprint density at radius 3 is 2.60 bits per heavy atom. The molecule has 2 saturated heterocycles. The maximum Gasteiger partial charge on any atom is 0.223 e. The highest BCUT2D eigenvalue weighted by atomic mass is 127. The Morgan fingerprint density at radius 2 is 1.87 bits per heavy atom. The van der Waals surface area contributed by atoms with Gasteiger partial charge in [0.05, 0.1) is 0 Å². The molecule has 0 bridgehead atoms. The molecule has 1 amide bonds. The number of carbonyl (C=O) groups is 1. The molecule has 3 rings (SSSR count). The average molecular weight is 527 g/mol. The number of hydrogen-bond donors (Lipinski definition) is 2. The van der Waals surface area contributed by atoms with Gasteiger partial charge in [-0.2, -0.15) is 0 Å². The first kappa shape index (κ1) is 24.9. The number of hydrogen-bond acceptors (Lipinski definition) is 3. The zero-order valence-corrected chi connectivity index (χ0v) is 20.6. The molecule has 2 aliphatic heterocycles. The number of aliphatic imine (C=N–C) groups is 1. The van der Waals surface area contributed by atoms with Crippen molar-refractivity contribution in [2.24, 2.45) is 10.9 Å². The maximum atomic E-state index is 12.3. The maximum absolute atomic E-state index is 12.3. The molecule has 1 atom stereocenters. The number of likely N-dealkylation sites (tertiary alicyclic amines) is 2. The third-order valence-corrected chi connectivity index (χ3v) is 5.98. The number of nitrogens with one attached hydrogen (secondary N) is 2. The zero-order valence-electron chi connectivity index (χ0n) is 18.3. The molecule has 1 aromatic carbocycles. The Kier molecular flexibility index (Phi) is 11.5. The molecule has 168 valence electrons. The van der Waals surface area contributed by atoms with E-state index in [-0.39, 0.29) is 29.9 Å². The Bertz CT molecular complexity index is 648. The summed E-state index contributed by atoms with van der Waals surface area (Å²) in [4.78, 5) is 21.2. The van der Waals surface area contributed by atoms with Crippen molar-refractivity contribution in [3.05, 3.63) is 35.9 Å². The van der Waals surface area contributed by atoms with Gasteiger partial charge in [-0.15, -0.1) is 24.0 Å². The third-order valence-electron chi connectivity index (χ3n) is 5.98. The van der Waals surface area contributed by atoms with Crippen molar-refractivity contribution in [2.45, 2.75) is 38.5 Å². The summed E-state index contributed by atoms with van der Waals surface area (Å²) < 4.78 is 0. The molecule has 0 aromatic heterocycles. The lowest BCUT2D eigenvalue weighted by Gasteiger charge is -2.18. The van der Waals surface area contributed by atoms with Crippen molar-refractivity contribution in [2.75, 3.05) is 52.9 Å². The van der Waals surface area contributed by atoms with Gasteiger partial charge in [0.15, 0.2) is 5.96 Å². The average Bonchev–Trinajstić information content (AvgIpc) is 3.39. The van der Waals surface area contributed by atoms with Crippen molar-refractivity contribution in [1.29, 1.82) is 0 Å². The number of unbranched alkanes of at least 4 members (excludes halogenated alkanes) is 1. The zero-order chi connectivity index (χ0) is 20.3. The van der Waals surface area contributed by atoms with Crippen LogP contribution < -0.4 is 10.6 Å². The van der Waals surface area contributed by atoms with Crippen molar-refractivity contribution in [3.8, 4) is 0 Å². The summed E-state index contributed by atoms with van der Waals surface area (Å²) in [5.41, 5.74) is 1.29. The molecule has 1 aromatic rings. The van der Waals surface area contributed by atoms with Gasteiger partial charge in [0.2, 0.25) is 5.91 Å². The smallest absolute Gasteiger partial charge is 0.223 e. The Morgan fingerprint density at radius 1 is 1.10 bits per heavy atom. The highest BCUT2D eigenvalue weighted by Crippen LogP contribution is 2.17. The Labute approximate surface area is 198 Å². The van der Waals surface area contributed by atoms with Gasteiger partial charge in [0.25, 0.3) is 0 Å². The van der Waals surface area contributed by atoms with Crippen molar-refractivity contribution < 1.29 is 4.79 Å². The van der Waals surface area contributed by atoms with Crippen LogP contribution in [-0.2, 0) is 11.2 Å². The first-order valence-electron chi connectivity index (χ1n) is 11.2. The fourth-order valence-electron chi connectivity index (χ4n) is 4.25. The van der Waals surface area contributed by atoms with Crippen molar-refractivity contribution in [1.82, 2.24) is 20.4 Å². The van der Waals surface area contributed by atoms with Crippen LogP contribution in [0.3, 0.4) is 0 Å². The highest BCUT2D eigenvalue weighted by Gasteiger charge is 2.29. The molecule has 2 N–H and O–H groups in total. The summed E-state index contributed by atoms with van der Waals surface area (Å²) in [5.74, 6) is 1.48. The van der Waals surface area contributed by atoms with Gasteiger partial charge in [-0.25, -0.2) is 0 Å². The van der Waals surface area contributed by atoms with Crippen LogP contribution in [-0.4, -0.2) is 74.5 Å². The lowest BCUT2D eigenvalue weighted by Crippen LogP contribution is -2.40. The molecule has 0 spiro atoms. The van der Waals surface area contributed by atoms with E-state index in [2.05, 4.69) is 44.8 Å². The predicted molar refractivity (Wildman–Crippen MR) is 135 cm³/mol. The number of benzene rings is 1. The number of carbonyl (C=O) groups excluding carboxylic acids is 1. The van der Waals surface area contributed by atoms with E-state index in [0.717, 1.165) is 45.0 Å². The van der Waals surface area contributed by atoms with Gasteiger partial charge in [-0.3, -0.25) is 9.79 Å². The summed E-state index contributed by atoms with van der Waals surface area (Å²) >= 11 is 0. The third kappa shape index (κ3) is 8.41. The second-order valence-corrected chi connectivity index (χ2v) is 8.28. The van der Waals surface area contributed by atoms with Crippen LogP contribution in [0.1, 0.15) is 37.7 Å². The molecule has 0 aliphatic carbocycles. The van der Waals surface area contributed by atoms with E-state index in [0.29, 0.717) is 12.3 Å². The van der Waals surface area contributed by atoms with E-state index in [9.17, 15) is 4.79 Å². The van der Waals surface area contributed by atoms with Crippen LogP contribution >= 0.6 is 24.0 Å². The van der Waals surface area contributed by atoms with Gasteiger partial charge in [-0.1, -0.05) is 30.3 Å². The summed E-state index contributed by atoms with van der Waals surface area (Å²) in [6, 6.07) is 10.4.